The molecule has 0 spiro atoms. The fraction of sp³-hybridized carbons (Fsp3) is 0.818. The third kappa shape index (κ3) is 9.23. The minimum Gasteiger partial charge on any atom is -0.396 e. The zero-order valence-electron chi connectivity index (χ0n) is 9.51. The molecule has 0 aliphatic rings. The van der Waals surface area contributed by atoms with Crippen molar-refractivity contribution in [1.29, 1.82) is 0 Å². The fourth-order valence-electron chi connectivity index (χ4n) is 0.938. The highest BCUT2D eigenvalue weighted by atomic mass is 16.6. The summed E-state index contributed by atoms with van der Waals surface area (Å²) in [5.74, 6) is 0.269. The van der Waals surface area contributed by atoms with Crippen LogP contribution in [-0.4, -0.2) is 18.1 Å². The van der Waals surface area contributed by atoms with Crippen LogP contribution in [0.15, 0.2) is 5.16 Å². The summed E-state index contributed by atoms with van der Waals surface area (Å²) in [4.78, 5) is 15.7. The Balaban J connectivity index is 3.18. The minimum absolute atomic E-state index is 0.269. The third-order valence-electron chi connectivity index (χ3n) is 2.00. The van der Waals surface area contributed by atoms with Crippen molar-refractivity contribution in [3.05, 3.63) is 0 Å². The Morgan fingerprint density at radius 1 is 1.21 bits per heavy atom. The van der Waals surface area contributed by atoms with Crippen LogP contribution in [0.1, 0.15) is 52.9 Å². The Bertz CT molecular complexity index is 188. The first-order chi connectivity index (χ1) is 6.66. The van der Waals surface area contributed by atoms with Gasteiger partial charge in [0.25, 0.3) is 0 Å². The summed E-state index contributed by atoms with van der Waals surface area (Å²) in [6.45, 7) is 6.30. The quantitative estimate of drug-likeness (QED) is 0.342. The van der Waals surface area contributed by atoms with Gasteiger partial charge < -0.3 is 9.63 Å². The molecule has 0 aromatic carbocycles. The maximum atomic E-state index is 10.6. The molecule has 0 aromatic heterocycles. The lowest BCUT2D eigenvalue weighted by Crippen LogP contribution is -1.94. The number of Topliss-reactive ketones (excluding diaryl/α,β-unsaturated/α-hetero) is 1. The first-order valence-electron chi connectivity index (χ1n) is 5.31. The highest BCUT2D eigenvalue weighted by Gasteiger charge is 1.94. The number of ketones is 1. The van der Waals surface area contributed by atoms with Crippen LogP contribution in [0.3, 0.4) is 0 Å². The summed E-state index contributed by atoms with van der Waals surface area (Å²) < 4.78 is 0. The average Bonchev–Trinajstić information content (AvgIpc) is 2.15. The SMILES string of the molecule is CC/C(C)=N/OCCCCCC(C)=O. The lowest BCUT2D eigenvalue weighted by atomic mass is 10.1. The van der Waals surface area contributed by atoms with E-state index in [9.17, 15) is 4.79 Å². The highest BCUT2D eigenvalue weighted by Crippen LogP contribution is 2.00. The summed E-state index contributed by atoms with van der Waals surface area (Å²) in [6.07, 6.45) is 4.62. The molecule has 0 radical (unpaired) electrons. The van der Waals surface area contributed by atoms with E-state index in [1.54, 1.807) is 6.92 Å². The predicted molar refractivity (Wildman–Crippen MR) is 58.5 cm³/mol. The number of carbonyl (C=O) groups is 1. The first kappa shape index (κ1) is 13.1. The zero-order valence-corrected chi connectivity index (χ0v) is 9.51. The van der Waals surface area contributed by atoms with E-state index < -0.39 is 0 Å². The summed E-state index contributed by atoms with van der Waals surface area (Å²) in [7, 11) is 0. The summed E-state index contributed by atoms with van der Waals surface area (Å²) in [5.41, 5.74) is 1.02. The molecule has 0 fully saturated rings. The number of hydrogen-bond acceptors (Lipinski definition) is 3. The van der Waals surface area contributed by atoms with Gasteiger partial charge in [-0.1, -0.05) is 12.1 Å². The molecule has 0 saturated heterocycles. The van der Waals surface area contributed by atoms with Crippen LogP contribution in [0, 0.1) is 0 Å². The molecule has 82 valence electrons. The van der Waals surface area contributed by atoms with Crippen molar-refractivity contribution in [3.8, 4) is 0 Å². The standard InChI is InChI=1S/C11H21NO2/c1-4-10(2)12-14-9-7-5-6-8-11(3)13/h4-9H2,1-3H3/b12-10+. The Morgan fingerprint density at radius 2 is 1.93 bits per heavy atom. The number of oxime groups is 1. The van der Waals surface area contributed by atoms with Crippen molar-refractivity contribution in [2.24, 2.45) is 5.16 Å². The Hall–Kier alpha value is -0.860. The molecule has 0 aliphatic carbocycles. The van der Waals surface area contributed by atoms with E-state index in [0.29, 0.717) is 13.0 Å². The molecule has 3 nitrogen and oxygen atoms in total. The van der Waals surface area contributed by atoms with Crippen molar-refractivity contribution in [1.82, 2.24) is 0 Å². The van der Waals surface area contributed by atoms with Gasteiger partial charge in [0, 0.05) is 6.42 Å². The number of hydrogen-bond donors (Lipinski definition) is 0. The van der Waals surface area contributed by atoms with Crippen LogP contribution in [0.4, 0.5) is 0 Å². The van der Waals surface area contributed by atoms with Crippen molar-refractivity contribution in [2.75, 3.05) is 6.61 Å². The molecule has 0 aliphatic heterocycles. The summed E-state index contributed by atoms with van der Waals surface area (Å²) in [6, 6.07) is 0. The van der Waals surface area contributed by atoms with Gasteiger partial charge >= 0.3 is 0 Å². The molecule has 0 unspecified atom stereocenters. The van der Waals surface area contributed by atoms with E-state index in [4.69, 9.17) is 4.84 Å². The number of nitrogens with zero attached hydrogens (tertiary/aromatic N) is 1. The fourth-order valence-corrected chi connectivity index (χ4v) is 0.938. The molecule has 0 N–H and O–H groups in total. The van der Waals surface area contributed by atoms with Crippen molar-refractivity contribution >= 4 is 11.5 Å². The lowest BCUT2D eigenvalue weighted by molar-refractivity contribution is -0.117. The van der Waals surface area contributed by atoms with E-state index in [1.165, 1.54) is 0 Å². The van der Waals surface area contributed by atoms with Gasteiger partial charge in [-0.15, -0.1) is 0 Å². The van der Waals surface area contributed by atoms with Crippen LogP contribution in [0.2, 0.25) is 0 Å². The molecule has 0 rings (SSSR count). The van der Waals surface area contributed by atoms with E-state index in [2.05, 4.69) is 12.1 Å². The zero-order chi connectivity index (χ0) is 10.8. The molecule has 0 aromatic rings. The molecular weight excluding hydrogens is 178 g/mol. The average molecular weight is 199 g/mol. The molecule has 3 heteroatoms. The molecule has 14 heavy (non-hydrogen) atoms. The largest absolute Gasteiger partial charge is 0.396 e. The normalized spacial score (nSPS) is 11.5. The van der Waals surface area contributed by atoms with Gasteiger partial charge in [0.2, 0.25) is 0 Å². The molecule has 0 bridgehead atoms. The van der Waals surface area contributed by atoms with Gasteiger partial charge in [-0.25, -0.2) is 0 Å². The lowest BCUT2D eigenvalue weighted by Gasteiger charge is -2.00. The second kappa shape index (κ2) is 8.73. The van der Waals surface area contributed by atoms with Crippen LogP contribution in [0.25, 0.3) is 0 Å². The Morgan fingerprint density at radius 3 is 2.50 bits per heavy atom. The smallest absolute Gasteiger partial charge is 0.129 e. The van der Waals surface area contributed by atoms with Crippen molar-refractivity contribution in [3.63, 3.8) is 0 Å². The summed E-state index contributed by atoms with van der Waals surface area (Å²) in [5, 5.41) is 3.93. The summed E-state index contributed by atoms with van der Waals surface area (Å²) >= 11 is 0. The van der Waals surface area contributed by atoms with Crippen LogP contribution >= 0.6 is 0 Å². The van der Waals surface area contributed by atoms with Crippen LogP contribution in [-0.2, 0) is 9.63 Å². The van der Waals surface area contributed by atoms with Gasteiger partial charge in [-0.2, -0.15) is 0 Å². The van der Waals surface area contributed by atoms with E-state index in [-0.39, 0.29) is 5.78 Å². The van der Waals surface area contributed by atoms with Gasteiger partial charge in [0.1, 0.15) is 12.4 Å². The maximum absolute atomic E-state index is 10.6. The number of rotatable bonds is 8. The monoisotopic (exact) mass is 199 g/mol. The second-order valence-electron chi connectivity index (χ2n) is 3.53. The Kier molecular flexibility index (Phi) is 8.19. The molecule has 0 atom stereocenters. The van der Waals surface area contributed by atoms with E-state index in [1.807, 2.05) is 6.92 Å². The predicted octanol–water partition coefficient (Wildman–Crippen LogP) is 2.94. The van der Waals surface area contributed by atoms with Crippen LogP contribution in [0.5, 0.6) is 0 Å². The molecule has 0 amide bonds. The molecular formula is C11H21NO2. The molecule has 0 saturated carbocycles. The number of unbranched alkanes of at least 4 members (excludes halogenated alkanes) is 2. The first-order valence-corrected chi connectivity index (χ1v) is 5.31. The van der Waals surface area contributed by atoms with E-state index >= 15 is 0 Å². The van der Waals surface area contributed by atoms with E-state index in [0.717, 1.165) is 31.4 Å². The minimum atomic E-state index is 0.269. The third-order valence-corrected chi connectivity index (χ3v) is 2.00. The molecule has 0 heterocycles. The number of carbonyl (C=O) groups excluding carboxylic acids is 1. The second-order valence-corrected chi connectivity index (χ2v) is 3.53. The van der Waals surface area contributed by atoms with Gasteiger partial charge in [0.05, 0.1) is 5.71 Å². The van der Waals surface area contributed by atoms with Gasteiger partial charge in [-0.05, 0) is 39.5 Å². The highest BCUT2D eigenvalue weighted by molar-refractivity contribution is 5.80. The Labute approximate surface area is 86.5 Å². The van der Waals surface area contributed by atoms with Crippen molar-refractivity contribution < 1.29 is 9.63 Å². The maximum Gasteiger partial charge on any atom is 0.129 e. The van der Waals surface area contributed by atoms with Crippen LogP contribution < -0.4 is 0 Å². The van der Waals surface area contributed by atoms with Gasteiger partial charge in [0.15, 0.2) is 0 Å². The van der Waals surface area contributed by atoms with Gasteiger partial charge in [-0.3, -0.25) is 0 Å². The topological polar surface area (TPSA) is 38.7 Å². The van der Waals surface area contributed by atoms with Crippen molar-refractivity contribution in [2.45, 2.75) is 52.9 Å².